The van der Waals surface area contributed by atoms with Crippen LogP contribution in [0, 0.1) is 0 Å². The highest BCUT2D eigenvalue weighted by Crippen LogP contribution is 2.38. The van der Waals surface area contributed by atoms with Gasteiger partial charge in [0.05, 0.1) is 24.4 Å². The Morgan fingerprint density at radius 3 is 2.62 bits per heavy atom. The number of nitrogens with one attached hydrogen (secondary N) is 1. The second-order valence-electron chi connectivity index (χ2n) is 6.05. The molecule has 1 saturated heterocycles. The maximum absolute atomic E-state index is 13.1. The Kier molecular flexibility index (Phi) is 2.73. The van der Waals surface area contributed by atoms with E-state index < -0.39 is 5.92 Å². The molecule has 114 valence electrons. The van der Waals surface area contributed by atoms with Crippen molar-refractivity contribution < 1.29 is 8.78 Å². The Morgan fingerprint density at radius 1 is 1.33 bits per heavy atom. The maximum atomic E-state index is 13.1. The molecule has 3 heterocycles. The normalized spacial score (nSPS) is 31.1. The standard InChI is InChI=1S/C13H16ClF2N5/c1-7-9-10(20-5-13(15,16)6-20)17-12(14)18-11(9)21(19-7)8-3-2-4-8/h8,11H,2-6H2,1H3,(H,17,18). The van der Waals surface area contributed by atoms with E-state index in [1.807, 2.05) is 11.9 Å². The van der Waals surface area contributed by atoms with Gasteiger partial charge in [0.15, 0.2) is 5.29 Å². The Morgan fingerprint density at radius 2 is 2.05 bits per heavy atom. The quantitative estimate of drug-likeness (QED) is 0.792. The maximum Gasteiger partial charge on any atom is 0.282 e. The van der Waals surface area contributed by atoms with E-state index in [1.54, 1.807) is 4.90 Å². The molecule has 1 saturated carbocycles. The van der Waals surface area contributed by atoms with Gasteiger partial charge >= 0.3 is 0 Å². The molecule has 0 aromatic rings. The van der Waals surface area contributed by atoms with Crippen LogP contribution in [0.25, 0.3) is 0 Å². The molecule has 1 aliphatic carbocycles. The fourth-order valence-corrected chi connectivity index (χ4v) is 3.37. The predicted octanol–water partition coefficient (Wildman–Crippen LogP) is 1.92. The monoisotopic (exact) mass is 315 g/mol. The zero-order valence-corrected chi connectivity index (χ0v) is 12.4. The van der Waals surface area contributed by atoms with Crippen molar-refractivity contribution in [2.45, 2.75) is 44.3 Å². The van der Waals surface area contributed by atoms with Gasteiger partial charge in [0.1, 0.15) is 12.0 Å². The number of aliphatic imine (C=N–C) groups is 1. The number of hydrogen-bond acceptors (Lipinski definition) is 5. The summed E-state index contributed by atoms with van der Waals surface area (Å²) in [6.07, 6.45) is 3.24. The smallest absolute Gasteiger partial charge is 0.282 e. The van der Waals surface area contributed by atoms with Crippen molar-refractivity contribution in [2.24, 2.45) is 10.1 Å². The molecule has 3 aliphatic heterocycles. The number of nitrogens with zero attached hydrogens (tertiary/aromatic N) is 4. The van der Waals surface area contributed by atoms with Crippen LogP contribution in [0.2, 0.25) is 0 Å². The van der Waals surface area contributed by atoms with Gasteiger partial charge in [0, 0.05) is 6.04 Å². The summed E-state index contributed by atoms with van der Waals surface area (Å²) in [6, 6.07) is 0.400. The molecule has 4 rings (SSSR count). The van der Waals surface area contributed by atoms with Crippen LogP contribution in [-0.2, 0) is 0 Å². The van der Waals surface area contributed by atoms with Crippen LogP contribution in [0.3, 0.4) is 0 Å². The summed E-state index contributed by atoms with van der Waals surface area (Å²) in [7, 11) is 0. The first-order valence-electron chi connectivity index (χ1n) is 7.16. The van der Waals surface area contributed by atoms with Gasteiger partial charge in [-0.3, -0.25) is 5.01 Å². The molecule has 0 aromatic carbocycles. The van der Waals surface area contributed by atoms with E-state index >= 15 is 0 Å². The molecule has 8 heteroatoms. The number of hydrogen-bond donors (Lipinski definition) is 1. The van der Waals surface area contributed by atoms with Crippen LogP contribution in [0.4, 0.5) is 8.78 Å². The summed E-state index contributed by atoms with van der Waals surface area (Å²) in [6.45, 7) is 1.29. The van der Waals surface area contributed by atoms with Gasteiger partial charge < -0.3 is 10.2 Å². The number of amidine groups is 1. The number of likely N-dealkylation sites (tertiary alicyclic amines) is 1. The lowest BCUT2D eigenvalue weighted by atomic mass is 9.92. The minimum absolute atomic E-state index is 0.176. The Labute approximate surface area is 126 Å². The summed E-state index contributed by atoms with van der Waals surface area (Å²) >= 11 is 6.07. The second-order valence-corrected chi connectivity index (χ2v) is 6.41. The first-order valence-corrected chi connectivity index (χ1v) is 7.54. The number of hydrazone groups is 1. The summed E-state index contributed by atoms with van der Waals surface area (Å²) < 4.78 is 26.3. The fraction of sp³-hybridized carbons (Fsp3) is 0.692. The number of fused-ring (bicyclic) bond motifs is 1. The van der Waals surface area contributed by atoms with E-state index in [4.69, 9.17) is 11.6 Å². The lowest BCUT2D eigenvalue weighted by molar-refractivity contribution is -0.117. The van der Waals surface area contributed by atoms with Crippen LogP contribution < -0.4 is 5.32 Å². The van der Waals surface area contributed by atoms with Crippen molar-refractivity contribution in [3.05, 3.63) is 11.4 Å². The third kappa shape index (κ3) is 2.01. The van der Waals surface area contributed by atoms with Crippen molar-refractivity contribution in [1.29, 1.82) is 0 Å². The molecule has 0 spiro atoms. The first kappa shape index (κ1) is 13.3. The van der Waals surface area contributed by atoms with Crippen molar-refractivity contribution in [3.63, 3.8) is 0 Å². The topological polar surface area (TPSA) is 43.2 Å². The van der Waals surface area contributed by atoms with Crippen LogP contribution in [-0.4, -0.2) is 52.1 Å². The Bertz CT molecular complexity index is 573. The van der Waals surface area contributed by atoms with Gasteiger partial charge in [-0.15, -0.1) is 0 Å². The third-order valence-corrected chi connectivity index (χ3v) is 4.68. The van der Waals surface area contributed by atoms with E-state index in [0.717, 1.165) is 24.1 Å². The lowest BCUT2D eigenvalue weighted by Crippen LogP contribution is -2.58. The van der Waals surface area contributed by atoms with Crippen LogP contribution in [0.5, 0.6) is 0 Å². The van der Waals surface area contributed by atoms with Gasteiger partial charge in [-0.1, -0.05) is 0 Å². The van der Waals surface area contributed by atoms with Gasteiger partial charge in [-0.25, -0.2) is 13.8 Å². The molecule has 1 N–H and O–H groups in total. The van der Waals surface area contributed by atoms with Crippen molar-refractivity contribution in [2.75, 3.05) is 13.1 Å². The molecule has 0 radical (unpaired) electrons. The van der Waals surface area contributed by atoms with Crippen LogP contribution >= 0.6 is 11.6 Å². The highest BCUT2D eigenvalue weighted by Gasteiger charge is 2.49. The molecule has 0 bridgehead atoms. The molecule has 0 aromatic heterocycles. The zero-order chi connectivity index (χ0) is 14.8. The Balaban J connectivity index is 1.67. The fourth-order valence-electron chi connectivity index (χ4n) is 3.18. The van der Waals surface area contributed by atoms with Crippen LogP contribution in [0.15, 0.2) is 21.5 Å². The minimum atomic E-state index is -2.63. The summed E-state index contributed by atoms with van der Waals surface area (Å²) in [5, 5.41) is 9.97. The largest absolute Gasteiger partial charge is 0.344 e. The van der Waals surface area contributed by atoms with E-state index in [1.165, 1.54) is 6.42 Å². The molecular formula is C13H16ClF2N5. The average Bonchev–Trinajstić information content (AvgIpc) is 2.60. The number of rotatable bonds is 2. The van der Waals surface area contributed by atoms with Crippen molar-refractivity contribution >= 4 is 22.6 Å². The van der Waals surface area contributed by atoms with E-state index in [0.29, 0.717) is 11.9 Å². The van der Waals surface area contributed by atoms with E-state index in [9.17, 15) is 8.78 Å². The zero-order valence-electron chi connectivity index (χ0n) is 11.6. The first-order chi connectivity index (χ1) is 9.94. The van der Waals surface area contributed by atoms with Gasteiger partial charge in [0.2, 0.25) is 0 Å². The van der Waals surface area contributed by atoms with E-state index in [-0.39, 0.29) is 24.6 Å². The number of halogens is 3. The number of alkyl halides is 2. The average molecular weight is 316 g/mol. The van der Waals surface area contributed by atoms with Crippen LogP contribution in [0.1, 0.15) is 26.2 Å². The molecule has 1 atom stereocenters. The van der Waals surface area contributed by atoms with Gasteiger partial charge in [-0.2, -0.15) is 5.10 Å². The third-order valence-electron chi connectivity index (χ3n) is 4.49. The highest BCUT2D eigenvalue weighted by molar-refractivity contribution is 6.65. The molecule has 4 aliphatic rings. The highest BCUT2D eigenvalue weighted by atomic mass is 35.5. The Hall–Kier alpha value is -1.37. The molecule has 5 nitrogen and oxygen atoms in total. The molecule has 2 fully saturated rings. The van der Waals surface area contributed by atoms with E-state index in [2.05, 4.69) is 15.4 Å². The molecule has 21 heavy (non-hydrogen) atoms. The summed E-state index contributed by atoms with van der Waals surface area (Å²) in [5.41, 5.74) is 1.71. The van der Waals surface area contributed by atoms with Crippen molar-refractivity contribution in [1.82, 2.24) is 15.2 Å². The molecular weight excluding hydrogens is 300 g/mol. The molecule has 1 unspecified atom stereocenters. The van der Waals surface area contributed by atoms with Gasteiger partial charge in [0.25, 0.3) is 5.92 Å². The SMILES string of the molecule is CC1=NN(C2CCC2)C2NC(Cl)=NC(N3CC(F)(F)C3)=C12. The van der Waals surface area contributed by atoms with Crippen molar-refractivity contribution in [3.8, 4) is 0 Å². The second kappa shape index (κ2) is 4.32. The summed E-state index contributed by atoms with van der Waals surface area (Å²) in [5.74, 6) is -2.09. The van der Waals surface area contributed by atoms with Gasteiger partial charge in [-0.05, 0) is 37.8 Å². The summed E-state index contributed by atoms with van der Waals surface area (Å²) in [4.78, 5) is 5.81. The molecule has 0 amide bonds. The minimum Gasteiger partial charge on any atom is -0.344 e. The predicted molar refractivity (Wildman–Crippen MR) is 76.3 cm³/mol. The lowest BCUT2D eigenvalue weighted by Gasteiger charge is -2.43.